The highest BCUT2D eigenvalue weighted by atomic mass is 35.5. The Morgan fingerprint density at radius 1 is 1.37 bits per heavy atom. The fourth-order valence-corrected chi connectivity index (χ4v) is 2.47. The van der Waals surface area contributed by atoms with Gasteiger partial charge in [-0.25, -0.2) is 0 Å². The average Bonchev–Trinajstić information content (AvgIpc) is 2.40. The number of nitrogens with zero attached hydrogens (tertiary/aromatic N) is 2. The van der Waals surface area contributed by atoms with Crippen molar-refractivity contribution in [2.75, 3.05) is 38.1 Å². The van der Waals surface area contributed by atoms with Crippen molar-refractivity contribution in [2.24, 2.45) is 0 Å². The molecule has 5 heteroatoms. The van der Waals surface area contributed by atoms with E-state index in [4.69, 9.17) is 11.6 Å². The predicted octanol–water partition coefficient (Wildman–Crippen LogP) is 1.73. The normalized spacial score (nSPS) is 16.1. The monoisotopic (exact) mass is 281 g/mol. The molecule has 0 bridgehead atoms. The second-order valence-electron chi connectivity index (χ2n) is 4.80. The van der Waals surface area contributed by atoms with Crippen LogP contribution < -0.4 is 10.2 Å². The van der Waals surface area contributed by atoms with E-state index in [1.807, 2.05) is 24.1 Å². The van der Waals surface area contributed by atoms with E-state index in [-0.39, 0.29) is 5.91 Å². The second-order valence-corrected chi connectivity index (χ2v) is 5.21. The third-order valence-corrected chi connectivity index (χ3v) is 3.69. The molecule has 1 aliphatic heterocycles. The van der Waals surface area contributed by atoms with Gasteiger partial charge in [0, 0.05) is 26.7 Å². The molecule has 2 rings (SSSR count). The molecule has 1 aliphatic rings. The van der Waals surface area contributed by atoms with Gasteiger partial charge in [0.1, 0.15) is 0 Å². The quantitative estimate of drug-likeness (QED) is 0.913. The molecule has 0 spiro atoms. The molecule has 1 saturated heterocycles. The first-order chi connectivity index (χ1) is 9.11. The lowest BCUT2D eigenvalue weighted by molar-refractivity contribution is -0.129. The Hall–Kier alpha value is -1.26. The number of rotatable bonds is 4. The summed E-state index contributed by atoms with van der Waals surface area (Å²) in [5, 5.41) is 3.99. The van der Waals surface area contributed by atoms with Crippen molar-refractivity contribution < 1.29 is 4.79 Å². The van der Waals surface area contributed by atoms with Gasteiger partial charge in [-0.3, -0.25) is 4.79 Å². The van der Waals surface area contributed by atoms with Crippen LogP contribution in [0.2, 0.25) is 5.02 Å². The third-order valence-electron chi connectivity index (χ3n) is 3.39. The minimum atomic E-state index is 0.138. The van der Waals surface area contributed by atoms with E-state index in [0.29, 0.717) is 11.6 Å². The molecule has 0 radical (unpaired) electrons. The van der Waals surface area contributed by atoms with Crippen molar-refractivity contribution in [2.45, 2.75) is 13.5 Å². The molecule has 1 aromatic rings. The summed E-state index contributed by atoms with van der Waals surface area (Å²) in [5.41, 5.74) is 2.11. The van der Waals surface area contributed by atoms with Crippen LogP contribution in [0.3, 0.4) is 0 Å². The Morgan fingerprint density at radius 2 is 2.16 bits per heavy atom. The number of amides is 1. The van der Waals surface area contributed by atoms with E-state index in [9.17, 15) is 4.79 Å². The van der Waals surface area contributed by atoms with Crippen molar-refractivity contribution in [1.29, 1.82) is 0 Å². The van der Waals surface area contributed by atoms with Crippen molar-refractivity contribution in [3.8, 4) is 0 Å². The Morgan fingerprint density at radius 3 is 2.79 bits per heavy atom. The third kappa shape index (κ3) is 3.39. The van der Waals surface area contributed by atoms with Crippen LogP contribution in [0, 0.1) is 0 Å². The summed E-state index contributed by atoms with van der Waals surface area (Å²) in [5.74, 6) is 0.138. The average molecular weight is 282 g/mol. The van der Waals surface area contributed by atoms with Crippen molar-refractivity contribution >= 4 is 23.2 Å². The maximum atomic E-state index is 11.7. The molecule has 0 aliphatic carbocycles. The van der Waals surface area contributed by atoms with E-state index >= 15 is 0 Å². The zero-order chi connectivity index (χ0) is 13.8. The van der Waals surface area contributed by atoms with Crippen LogP contribution in [0.15, 0.2) is 18.2 Å². The maximum Gasteiger partial charge on any atom is 0.241 e. The van der Waals surface area contributed by atoms with E-state index in [2.05, 4.69) is 18.3 Å². The highest BCUT2D eigenvalue weighted by Gasteiger charge is 2.22. The van der Waals surface area contributed by atoms with Gasteiger partial charge in [-0.2, -0.15) is 0 Å². The molecule has 1 aromatic carbocycles. The molecule has 104 valence electrons. The molecule has 19 heavy (non-hydrogen) atoms. The van der Waals surface area contributed by atoms with Gasteiger partial charge >= 0.3 is 0 Å². The Labute approximate surface area is 119 Å². The van der Waals surface area contributed by atoms with Crippen LogP contribution >= 0.6 is 11.6 Å². The number of hydrogen-bond acceptors (Lipinski definition) is 3. The van der Waals surface area contributed by atoms with E-state index in [0.717, 1.165) is 37.4 Å². The first kappa shape index (κ1) is 14.2. The van der Waals surface area contributed by atoms with Crippen molar-refractivity contribution in [1.82, 2.24) is 10.2 Å². The lowest BCUT2D eigenvalue weighted by atomic mass is 10.1. The fraction of sp³-hybridized carbons (Fsp3) is 0.500. The predicted molar refractivity (Wildman–Crippen MR) is 78.7 cm³/mol. The number of hydrogen-bond donors (Lipinski definition) is 1. The second kappa shape index (κ2) is 6.26. The number of likely N-dealkylation sites (N-methyl/N-ethyl adjacent to an activating group) is 1. The molecular formula is C14H20ClN3O. The first-order valence-corrected chi connectivity index (χ1v) is 6.97. The Kier molecular flexibility index (Phi) is 4.66. The molecule has 0 saturated carbocycles. The molecule has 1 heterocycles. The van der Waals surface area contributed by atoms with Gasteiger partial charge in [-0.1, -0.05) is 24.6 Å². The summed E-state index contributed by atoms with van der Waals surface area (Å²) < 4.78 is 0. The molecule has 1 N–H and O–H groups in total. The number of halogens is 1. The summed E-state index contributed by atoms with van der Waals surface area (Å²) in [6.07, 6.45) is 0. The van der Waals surface area contributed by atoms with Gasteiger partial charge < -0.3 is 15.1 Å². The molecule has 1 fully saturated rings. The SMILES string of the molecule is CCNCc1ccc(N2CCN(C)C(=O)C2)c(Cl)c1. The van der Waals surface area contributed by atoms with Crippen molar-refractivity contribution in [3.05, 3.63) is 28.8 Å². The first-order valence-electron chi connectivity index (χ1n) is 6.60. The molecule has 1 amide bonds. The highest BCUT2D eigenvalue weighted by molar-refractivity contribution is 6.33. The number of anilines is 1. The van der Waals surface area contributed by atoms with Gasteiger partial charge in [0.2, 0.25) is 5.91 Å². The van der Waals surface area contributed by atoms with E-state index < -0.39 is 0 Å². The van der Waals surface area contributed by atoms with Gasteiger partial charge in [0.15, 0.2) is 0 Å². The lowest BCUT2D eigenvalue weighted by Crippen LogP contribution is -2.48. The van der Waals surface area contributed by atoms with Crippen LogP contribution in [0.25, 0.3) is 0 Å². The number of carbonyl (C=O) groups excluding carboxylic acids is 1. The minimum absolute atomic E-state index is 0.138. The van der Waals surface area contributed by atoms with E-state index in [1.54, 1.807) is 4.90 Å². The van der Waals surface area contributed by atoms with Crippen LogP contribution in [-0.2, 0) is 11.3 Å². The number of carbonyl (C=O) groups is 1. The maximum absolute atomic E-state index is 11.7. The highest BCUT2D eigenvalue weighted by Crippen LogP contribution is 2.27. The van der Waals surface area contributed by atoms with E-state index in [1.165, 1.54) is 0 Å². The van der Waals surface area contributed by atoms with Crippen LogP contribution in [0.5, 0.6) is 0 Å². The Balaban J connectivity index is 2.10. The molecular weight excluding hydrogens is 262 g/mol. The molecule has 4 nitrogen and oxygen atoms in total. The largest absolute Gasteiger partial charge is 0.359 e. The van der Waals surface area contributed by atoms with Gasteiger partial charge in [0.25, 0.3) is 0 Å². The zero-order valence-electron chi connectivity index (χ0n) is 11.4. The zero-order valence-corrected chi connectivity index (χ0v) is 12.2. The standard InChI is InChI=1S/C14H20ClN3O/c1-3-16-9-11-4-5-13(12(15)8-11)18-7-6-17(2)14(19)10-18/h4-5,8,16H,3,6-7,9-10H2,1-2H3. The molecule has 0 unspecified atom stereocenters. The topological polar surface area (TPSA) is 35.6 Å². The van der Waals surface area contributed by atoms with Gasteiger partial charge in [0.05, 0.1) is 17.3 Å². The summed E-state index contributed by atoms with van der Waals surface area (Å²) in [6, 6.07) is 6.04. The summed E-state index contributed by atoms with van der Waals surface area (Å²) >= 11 is 6.33. The summed E-state index contributed by atoms with van der Waals surface area (Å²) in [6.45, 7) is 5.81. The lowest BCUT2D eigenvalue weighted by Gasteiger charge is -2.34. The van der Waals surface area contributed by atoms with Crippen molar-refractivity contribution in [3.63, 3.8) is 0 Å². The van der Waals surface area contributed by atoms with Crippen LogP contribution in [0.4, 0.5) is 5.69 Å². The number of benzene rings is 1. The minimum Gasteiger partial charge on any atom is -0.359 e. The molecule has 0 atom stereocenters. The van der Waals surface area contributed by atoms with Crippen LogP contribution in [-0.4, -0.2) is 44.0 Å². The fourth-order valence-electron chi connectivity index (χ4n) is 2.15. The van der Waals surface area contributed by atoms with Gasteiger partial charge in [-0.15, -0.1) is 0 Å². The summed E-state index contributed by atoms with van der Waals surface area (Å²) in [7, 11) is 1.83. The Bertz CT molecular complexity index is 464. The number of nitrogens with one attached hydrogen (secondary N) is 1. The number of piperazine rings is 1. The smallest absolute Gasteiger partial charge is 0.241 e. The molecule has 0 aromatic heterocycles. The summed E-state index contributed by atoms with van der Waals surface area (Å²) in [4.78, 5) is 15.5. The van der Waals surface area contributed by atoms with Gasteiger partial charge in [-0.05, 0) is 24.2 Å². The van der Waals surface area contributed by atoms with Crippen LogP contribution in [0.1, 0.15) is 12.5 Å².